The van der Waals surface area contributed by atoms with Crippen LogP contribution in [-0.4, -0.2) is 72.2 Å². The van der Waals surface area contributed by atoms with Crippen molar-refractivity contribution in [1.29, 1.82) is 0 Å². The van der Waals surface area contributed by atoms with Crippen LogP contribution < -0.4 is 0 Å². The summed E-state index contributed by atoms with van der Waals surface area (Å²) in [6, 6.07) is 0.247. The summed E-state index contributed by atoms with van der Waals surface area (Å²) >= 11 is 0. The van der Waals surface area contributed by atoms with Gasteiger partial charge in [-0.25, -0.2) is 0 Å². The second-order valence-electron chi connectivity index (χ2n) is 10.0. The SMILES string of the molecule is O=C(CC1CCCC1)N1CCC(N2C(=O)C(OCC3CC3)C23CCOCC3)CC1. The highest BCUT2D eigenvalue weighted by Gasteiger charge is 2.63. The lowest BCUT2D eigenvalue weighted by molar-refractivity contribution is -0.219. The molecule has 0 N–H and O–H groups in total. The molecule has 1 spiro atoms. The molecule has 1 atom stereocenters. The molecule has 3 aliphatic heterocycles. The van der Waals surface area contributed by atoms with Gasteiger partial charge in [-0.15, -0.1) is 0 Å². The first-order valence-corrected chi connectivity index (χ1v) is 12.0. The second-order valence-corrected chi connectivity index (χ2v) is 10.0. The first-order valence-electron chi connectivity index (χ1n) is 12.0. The largest absolute Gasteiger partial charge is 0.381 e. The molecule has 1 unspecified atom stereocenters. The van der Waals surface area contributed by atoms with Crippen LogP contribution in [0, 0.1) is 11.8 Å². The molecule has 5 aliphatic rings. The van der Waals surface area contributed by atoms with Crippen molar-refractivity contribution < 1.29 is 19.1 Å². The molecular formula is C23H36N2O4. The normalized spacial score (nSPS) is 30.8. The molecule has 3 saturated heterocycles. The first kappa shape index (κ1) is 19.8. The molecule has 0 aromatic rings. The van der Waals surface area contributed by atoms with Gasteiger partial charge in [-0.3, -0.25) is 9.59 Å². The highest BCUT2D eigenvalue weighted by atomic mass is 16.5. The van der Waals surface area contributed by atoms with Crippen molar-refractivity contribution in [3.05, 3.63) is 0 Å². The zero-order chi connectivity index (χ0) is 19.8. The van der Waals surface area contributed by atoms with Crippen LogP contribution in [0.5, 0.6) is 0 Å². The van der Waals surface area contributed by atoms with Gasteiger partial charge in [0.05, 0.1) is 12.1 Å². The lowest BCUT2D eigenvalue weighted by atomic mass is 9.72. The number of rotatable bonds is 6. The summed E-state index contributed by atoms with van der Waals surface area (Å²) in [6.45, 7) is 3.75. The van der Waals surface area contributed by atoms with E-state index in [1.54, 1.807) is 0 Å². The van der Waals surface area contributed by atoms with Crippen LogP contribution in [0.3, 0.4) is 0 Å². The summed E-state index contributed by atoms with van der Waals surface area (Å²) in [4.78, 5) is 30.0. The molecule has 2 saturated carbocycles. The molecule has 29 heavy (non-hydrogen) atoms. The van der Waals surface area contributed by atoms with E-state index in [9.17, 15) is 9.59 Å². The molecular weight excluding hydrogens is 368 g/mol. The van der Waals surface area contributed by atoms with E-state index in [1.165, 1.54) is 38.5 Å². The van der Waals surface area contributed by atoms with Crippen molar-refractivity contribution in [3.8, 4) is 0 Å². The number of likely N-dealkylation sites (tertiary alicyclic amines) is 2. The number of carbonyl (C=O) groups excluding carboxylic acids is 2. The maximum absolute atomic E-state index is 13.1. The van der Waals surface area contributed by atoms with Crippen molar-refractivity contribution in [2.24, 2.45) is 11.8 Å². The van der Waals surface area contributed by atoms with E-state index in [0.717, 1.165) is 51.8 Å². The van der Waals surface area contributed by atoms with Crippen LogP contribution in [0.2, 0.25) is 0 Å². The predicted octanol–water partition coefficient (Wildman–Crippen LogP) is 2.74. The Balaban J connectivity index is 1.19. The molecule has 5 fully saturated rings. The van der Waals surface area contributed by atoms with E-state index < -0.39 is 0 Å². The van der Waals surface area contributed by atoms with E-state index >= 15 is 0 Å². The Bertz CT molecular complexity index is 614. The average Bonchev–Trinajstić information content (AvgIpc) is 3.43. The van der Waals surface area contributed by atoms with Gasteiger partial charge < -0.3 is 19.3 Å². The molecule has 2 aliphatic carbocycles. The van der Waals surface area contributed by atoms with Gasteiger partial charge in [0.2, 0.25) is 5.91 Å². The van der Waals surface area contributed by atoms with Crippen molar-refractivity contribution in [2.75, 3.05) is 32.9 Å². The molecule has 0 aromatic heterocycles. The molecule has 6 nitrogen and oxygen atoms in total. The maximum atomic E-state index is 13.1. The van der Waals surface area contributed by atoms with Crippen LogP contribution in [-0.2, 0) is 19.1 Å². The van der Waals surface area contributed by atoms with Gasteiger partial charge in [0.15, 0.2) is 6.10 Å². The van der Waals surface area contributed by atoms with Gasteiger partial charge in [-0.1, -0.05) is 12.8 Å². The van der Waals surface area contributed by atoms with Gasteiger partial charge >= 0.3 is 0 Å². The molecule has 5 rings (SSSR count). The van der Waals surface area contributed by atoms with E-state index in [1.807, 2.05) is 0 Å². The van der Waals surface area contributed by atoms with Crippen molar-refractivity contribution in [3.63, 3.8) is 0 Å². The fourth-order valence-corrected chi connectivity index (χ4v) is 6.11. The lowest BCUT2D eigenvalue weighted by Gasteiger charge is -2.62. The van der Waals surface area contributed by atoms with Crippen LogP contribution >= 0.6 is 0 Å². The summed E-state index contributed by atoms with van der Waals surface area (Å²) in [5.74, 6) is 1.79. The maximum Gasteiger partial charge on any atom is 0.254 e. The van der Waals surface area contributed by atoms with Crippen LogP contribution in [0.4, 0.5) is 0 Å². The van der Waals surface area contributed by atoms with E-state index in [2.05, 4.69) is 9.80 Å². The smallest absolute Gasteiger partial charge is 0.254 e. The van der Waals surface area contributed by atoms with Crippen molar-refractivity contribution in [2.45, 2.75) is 88.3 Å². The first-order chi connectivity index (χ1) is 14.2. The summed E-state index contributed by atoms with van der Waals surface area (Å²) in [5, 5.41) is 0. The van der Waals surface area contributed by atoms with Gasteiger partial charge in [0, 0.05) is 38.8 Å². The number of β-lactam (4-membered cyclic amide) rings is 1. The minimum absolute atomic E-state index is 0.162. The Morgan fingerprint density at radius 1 is 1.00 bits per heavy atom. The average molecular weight is 405 g/mol. The second kappa shape index (κ2) is 8.18. The van der Waals surface area contributed by atoms with E-state index in [4.69, 9.17) is 9.47 Å². The third-order valence-electron chi connectivity index (χ3n) is 8.10. The van der Waals surface area contributed by atoms with Crippen molar-refractivity contribution in [1.82, 2.24) is 9.80 Å². The summed E-state index contributed by atoms with van der Waals surface area (Å²) in [5.41, 5.74) is -0.162. The third-order valence-corrected chi connectivity index (χ3v) is 8.10. The van der Waals surface area contributed by atoms with E-state index in [-0.39, 0.29) is 23.6 Å². The zero-order valence-corrected chi connectivity index (χ0v) is 17.7. The van der Waals surface area contributed by atoms with Gasteiger partial charge in [-0.05, 0) is 63.2 Å². The Labute approximate surface area is 174 Å². The van der Waals surface area contributed by atoms with Crippen molar-refractivity contribution >= 4 is 11.8 Å². The highest BCUT2D eigenvalue weighted by Crippen LogP contribution is 2.46. The molecule has 0 radical (unpaired) electrons. The Morgan fingerprint density at radius 3 is 2.34 bits per heavy atom. The summed E-state index contributed by atoms with van der Waals surface area (Å²) < 4.78 is 11.8. The Hall–Kier alpha value is -1.14. The van der Waals surface area contributed by atoms with Crippen LogP contribution in [0.15, 0.2) is 0 Å². The zero-order valence-electron chi connectivity index (χ0n) is 17.7. The molecule has 0 aromatic carbocycles. The summed E-state index contributed by atoms with van der Waals surface area (Å²) in [7, 11) is 0. The van der Waals surface area contributed by atoms with Gasteiger partial charge in [0.1, 0.15) is 0 Å². The minimum Gasteiger partial charge on any atom is -0.381 e. The number of ether oxygens (including phenoxy) is 2. The fraction of sp³-hybridized carbons (Fsp3) is 0.913. The lowest BCUT2D eigenvalue weighted by Crippen LogP contribution is -2.79. The highest BCUT2D eigenvalue weighted by molar-refractivity contribution is 5.91. The minimum atomic E-state index is -0.269. The van der Waals surface area contributed by atoms with Crippen LogP contribution in [0.25, 0.3) is 0 Å². The number of hydrogen-bond donors (Lipinski definition) is 0. The summed E-state index contributed by atoms with van der Waals surface area (Å²) in [6.07, 6.45) is 11.5. The number of carbonyl (C=O) groups is 2. The Morgan fingerprint density at radius 2 is 1.69 bits per heavy atom. The topological polar surface area (TPSA) is 59.1 Å². The number of hydrogen-bond acceptors (Lipinski definition) is 4. The monoisotopic (exact) mass is 404 g/mol. The molecule has 3 heterocycles. The Kier molecular flexibility index (Phi) is 5.59. The standard InChI is InChI=1S/C23H36N2O4/c26-20(15-17-3-1-2-4-17)24-11-7-19(8-12-24)25-22(27)21(29-16-18-5-6-18)23(25)9-13-28-14-10-23/h17-19,21H,1-16H2. The predicted molar refractivity (Wildman–Crippen MR) is 108 cm³/mol. The molecule has 162 valence electrons. The van der Waals surface area contributed by atoms with Crippen LogP contribution in [0.1, 0.15) is 70.6 Å². The molecule has 6 heteroatoms. The molecule has 0 bridgehead atoms. The fourth-order valence-electron chi connectivity index (χ4n) is 6.11. The van der Waals surface area contributed by atoms with Gasteiger partial charge in [-0.2, -0.15) is 0 Å². The number of amides is 2. The quantitative estimate of drug-likeness (QED) is 0.639. The third kappa shape index (κ3) is 3.83. The van der Waals surface area contributed by atoms with Gasteiger partial charge in [0.25, 0.3) is 5.91 Å². The number of piperidine rings is 1. The van der Waals surface area contributed by atoms with E-state index in [0.29, 0.717) is 31.0 Å². The molecule has 2 amide bonds. The number of nitrogens with zero attached hydrogens (tertiary/aromatic N) is 2.